The Morgan fingerprint density at radius 1 is 1.44 bits per heavy atom. The lowest BCUT2D eigenvalue weighted by molar-refractivity contribution is -0.150. The number of oxime groups is 1. The molecule has 1 unspecified atom stereocenters. The Hall–Kier alpha value is -3.25. The van der Waals surface area contributed by atoms with Gasteiger partial charge in [0.2, 0.25) is 16.7 Å². The summed E-state index contributed by atoms with van der Waals surface area (Å²) in [6.07, 6.45) is 0. The van der Waals surface area contributed by atoms with E-state index in [-0.39, 0.29) is 29.0 Å². The summed E-state index contributed by atoms with van der Waals surface area (Å²) in [5, 5.41) is 27.4. The van der Waals surface area contributed by atoms with Crippen LogP contribution in [0.25, 0.3) is 0 Å². The van der Waals surface area contributed by atoms with Crippen molar-refractivity contribution in [3.63, 3.8) is 0 Å². The number of aromatic nitrogens is 6. The summed E-state index contributed by atoms with van der Waals surface area (Å²) in [6.45, 7) is 1.88. The van der Waals surface area contributed by atoms with Crippen LogP contribution in [0.5, 0.6) is 0 Å². The van der Waals surface area contributed by atoms with Gasteiger partial charge in [0.25, 0.3) is 11.8 Å². The van der Waals surface area contributed by atoms with Crippen LogP contribution in [-0.4, -0.2) is 92.6 Å². The summed E-state index contributed by atoms with van der Waals surface area (Å²) in [6, 6.07) is -0.952. The molecule has 34 heavy (non-hydrogen) atoms. The number of hydrogen-bond acceptors (Lipinski definition) is 14. The quantitative estimate of drug-likeness (QED) is 0.154. The van der Waals surface area contributed by atoms with Gasteiger partial charge in [0.15, 0.2) is 5.13 Å². The Morgan fingerprint density at radius 3 is 2.85 bits per heavy atom. The third kappa shape index (κ3) is 4.55. The van der Waals surface area contributed by atoms with Gasteiger partial charge in [-0.05, 0) is 22.9 Å². The summed E-state index contributed by atoms with van der Waals surface area (Å²) < 4.78 is 5.43. The van der Waals surface area contributed by atoms with Crippen molar-refractivity contribution in [2.45, 2.75) is 23.5 Å². The number of carboxylic acids is 1. The second kappa shape index (κ2) is 9.94. The first kappa shape index (κ1) is 23.9. The Balaban J connectivity index is 1.49. The molecule has 0 aromatic carbocycles. The van der Waals surface area contributed by atoms with Crippen molar-refractivity contribution in [3.8, 4) is 0 Å². The first-order valence-corrected chi connectivity index (χ1v) is 12.5. The van der Waals surface area contributed by atoms with Crippen LogP contribution in [-0.2, 0) is 26.3 Å². The van der Waals surface area contributed by atoms with E-state index < -0.39 is 29.2 Å². The summed E-state index contributed by atoms with van der Waals surface area (Å²) >= 11 is 3.49. The SMILES string of the molecule is CCO/N=C(\C(=O)NC1C(=O)N2C(C(=O)O)=C(CSc3nnnn3C)CS[C@H]12)c1nsc(N)n1. The van der Waals surface area contributed by atoms with Crippen molar-refractivity contribution in [2.75, 3.05) is 23.8 Å². The maximum Gasteiger partial charge on any atom is 0.352 e. The maximum absolute atomic E-state index is 12.9. The predicted molar refractivity (Wildman–Crippen MR) is 122 cm³/mol. The van der Waals surface area contributed by atoms with Crippen LogP contribution in [0, 0.1) is 0 Å². The van der Waals surface area contributed by atoms with Crippen LogP contribution in [0.3, 0.4) is 0 Å². The zero-order valence-corrected chi connectivity index (χ0v) is 20.2. The van der Waals surface area contributed by atoms with Gasteiger partial charge < -0.3 is 21.0 Å². The number of tetrazole rings is 1. The first-order valence-electron chi connectivity index (χ1n) is 9.67. The van der Waals surface area contributed by atoms with Crippen molar-refractivity contribution >= 4 is 63.7 Å². The third-order valence-electron chi connectivity index (χ3n) is 4.65. The molecule has 1 saturated heterocycles. The molecule has 18 heteroatoms. The smallest absolute Gasteiger partial charge is 0.352 e. The van der Waals surface area contributed by atoms with Crippen LogP contribution >= 0.6 is 35.1 Å². The number of rotatable bonds is 9. The number of nitrogens with zero attached hydrogens (tertiary/aromatic N) is 8. The molecule has 180 valence electrons. The highest BCUT2D eigenvalue weighted by Gasteiger charge is 2.54. The highest BCUT2D eigenvalue weighted by molar-refractivity contribution is 8.01. The van der Waals surface area contributed by atoms with Gasteiger partial charge in [0.05, 0.1) is 0 Å². The lowest BCUT2D eigenvalue weighted by atomic mass is 10.0. The number of carbonyl (C=O) groups is 3. The minimum Gasteiger partial charge on any atom is -0.477 e. The van der Waals surface area contributed by atoms with Crippen molar-refractivity contribution in [1.29, 1.82) is 0 Å². The molecule has 2 aliphatic rings. The van der Waals surface area contributed by atoms with E-state index in [0.29, 0.717) is 22.2 Å². The van der Waals surface area contributed by atoms with Gasteiger partial charge in [-0.25, -0.2) is 9.48 Å². The van der Waals surface area contributed by atoms with Gasteiger partial charge in [-0.3, -0.25) is 14.5 Å². The van der Waals surface area contributed by atoms with Crippen molar-refractivity contribution < 1.29 is 24.3 Å². The molecule has 0 aliphatic carbocycles. The maximum atomic E-state index is 12.9. The number of amides is 2. The molecule has 0 saturated carbocycles. The Morgan fingerprint density at radius 2 is 2.24 bits per heavy atom. The minimum atomic E-state index is -1.23. The first-order chi connectivity index (χ1) is 16.3. The topological polar surface area (TPSA) is 204 Å². The van der Waals surface area contributed by atoms with Crippen LogP contribution < -0.4 is 11.1 Å². The zero-order chi connectivity index (χ0) is 24.4. The number of fused-ring (bicyclic) bond motifs is 1. The zero-order valence-electron chi connectivity index (χ0n) is 17.7. The second-order valence-corrected chi connectivity index (χ2v) is 9.64. The molecular weight excluding hydrogens is 508 g/mol. The van der Waals surface area contributed by atoms with Crippen LogP contribution in [0.1, 0.15) is 12.7 Å². The Bertz CT molecular complexity index is 1190. The molecule has 15 nitrogen and oxygen atoms in total. The van der Waals surface area contributed by atoms with E-state index in [9.17, 15) is 19.5 Å². The minimum absolute atomic E-state index is 0.0305. The molecule has 2 aromatic heterocycles. The molecule has 0 bridgehead atoms. The van der Waals surface area contributed by atoms with Crippen LogP contribution in [0.4, 0.5) is 5.13 Å². The highest BCUT2D eigenvalue weighted by atomic mass is 32.2. The number of aliphatic carboxylic acids is 1. The molecule has 0 spiro atoms. The fourth-order valence-electron chi connectivity index (χ4n) is 3.14. The molecule has 4 N–H and O–H groups in total. The molecular formula is C16H18N10O5S3. The largest absolute Gasteiger partial charge is 0.477 e. The predicted octanol–water partition coefficient (Wildman–Crippen LogP) is -1.08. The van der Waals surface area contributed by atoms with E-state index >= 15 is 0 Å². The number of nitrogen functional groups attached to an aromatic ring is 1. The fourth-order valence-corrected chi connectivity index (χ4v) is 5.91. The van der Waals surface area contributed by atoms with Gasteiger partial charge >= 0.3 is 5.97 Å². The van der Waals surface area contributed by atoms with E-state index in [1.165, 1.54) is 33.1 Å². The lowest BCUT2D eigenvalue weighted by Crippen LogP contribution is -2.71. The number of anilines is 1. The molecule has 2 aromatic rings. The standard InChI is InChI=1S/C16H18N10O5S3/c1-3-31-21-7(10-19-15(17)34-22-10)11(27)18-8-12(28)26-9(14(29)30)6(4-32-13(8)26)5-33-16-20-23-24-25(16)2/h8,13H,3-5H2,1-2H3,(H,18,27)(H,29,30)(H2,17,19,22)/b21-7-/t8?,13-/m1/s1. The molecule has 2 amide bonds. The van der Waals surface area contributed by atoms with Gasteiger partial charge in [-0.1, -0.05) is 16.9 Å². The Labute approximate surface area is 204 Å². The van der Waals surface area contributed by atoms with Crippen molar-refractivity contribution in [2.24, 2.45) is 12.2 Å². The summed E-state index contributed by atoms with van der Waals surface area (Å²) in [5.74, 6) is -1.90. The number of β-lactam (4-membered cyclic amide) rings is 1. The number of hydrogen-bond donors (Lipinski definition) is 3. The molecule has 4 heterocycles. The number of aryl methyl sites for hydroxylation is 1. The van der Waals surface area contributed by atoms with Crippen molar-refractivity contribution in [1.82, 2.24) is 39.8 Å². The fraction of sp³-hybridized carbons (Fsp3) is 0.438. The average Bonchev–Trinajstić information content (AvgIpc) is 3.43. The van der Waals surface area contributed by atoms with E-state index in [4.69, 9.17) is 10.6 Å². The number of nitrogens with one attached hydrogen (secondary N) is 1. The Kier molecular flexibility index (Phi) is 6.98. The monoisotopic (exact) mass is 526 g/mol. The van der Waals surface area contributed by atoms with Gasteiger partial charge in [-0.15, -0.1) is 16.9 Å². The lowest BCUT2D eigenvalue weighted by Gasteiger charge is -2.49. The molecule has 2 atom stereocenters. The van der Waals surface area contributed by atoms with Crippen LogP contribution in [0.15, 0.2) is 21.6 Å². The summed E-state index contributed by atoms with van der Waals surface area (Å²) in [4.78, 5) is 47.9. The molecule has 2 aliphatic heterocycles. The third-order valence-corrected chi connectivity index (χ3v) is 7.63. The van der Waals surface area contributed by atoms with E-state index in [1.54, 1.807) is 14.0 Å². The second-order valence-electron chi connectivity index (χ2n) is 6.81. The average molecular weight is 527 g/mol. The van der Waals surface area contributed by atoms with E-state index in [2.05, 4.69) is 35.4 Å². The van der Waals surface area contributed by atoms with Crippen molar-refractivity contribution in [3.05, 3.63) is 17.1 Å². The number of nitrogens with two attached hydrogens (primary N) is 1. The normalized spacial score (nSPS) is 20.1. The molecule has 4 rings (SSSR count). The molecule has 0 radical (unpaired) electrons. The number of carbonyl (C=O) groups excluding carboxylic acids is 2. The van der Waals surface area contributed by atoms with Gasteiger partial charge in [0.1, 0.15) is 23.7 Å². The van der Waals surface area contributed by atoms with E-state index in [1.807, 2.05) is 0 Å². The number of thioether (sulfide) groups is 2. The summed E-state index contributed by atoms with van der Waals surface area (Å²) in [7, 11) is 1.67. The summed E-state index contributed by atoms with van der Waals surface area (Å²) in [5.41, 5.74) is 5.82. The highest BCUT2D eigenvalue weighted by Crippen LogP contribution is 2.41. The van der Waals surface area contributed by atoms with Gasteiger partial charge in [-0.2, -0.15) is 9.36 Å². The van der Waals surface area contributed by atoms with Crippen LogP contribution in [0.2, 0.25) is 0 Å². The molecule has 1 fully saturated rings. The number of carboxylic acid groups (broad SMARTS) is 1. The van der Waals surface area contributed by atoms with E-state index in [0.717, 1.165) is 11.5 Å². The van der Waals surface area contributed by atoms with Gasteiger partial charge in [0, 0.05) is 30.1 Å².